The zero-order valence-electron chi connectivity index (χ0n) is 10.1. The maximum Gasteiger partial charge on any atom is 0.149 e. The summed E-state index contributed by atoms with van der Waals surface area (Å²) in [6.45, 7) is 0. The van der Waals surface area contributed by atoms with Crippen LogP contribution in [0.1, 0.15) is 0 Å². The van der Waals surface area contributed by atoms with Crippen molar-refractivity contribution in [1.82, 2.24) is 4.98 Å². The maximum atomic E-state index is 6.12. The summed E-state index contributed by atoms with van der Waals surface area (Å²) in [5.74, 6) is 0.649. The minimum atomic E-state index is 0.583. The van der Waals surface area contributed by atoms with Crippen LogP contribution in [0.4, 0.5) is 17.2 Å². The summed E-state index contributed by atoms with van der Waals surface area (Å²) in [6.07, 6.45) is 1.71. The molecule has 2 aromatic rings. The van der Waals surface area contributed by atoms with E-state index in [0.717, 1.165) is 15.8 Å². The van der Waals surface area contributed by atoms with Crippen LogP contribution < -0.4 is 10.2 Å². The average molecular weight is 327 g/mol. The smallest absolute Gasteiger partial charge is 0.149 e. The van der Waals surface area contributed by atoms with E-state index in [0.29, 0.717) is 10.8 Å². The average Bonchev–Trinajstić information content (AvgIpc) is 2.33. The van der Waals surface area contributed by atoms with Crippen LogP contribution in [0, 0.1) is 0 Å². The van der Waals surface area contributed by atoms with Crippen LogP contribution in [-0.4, -0.2) is 19.1 Å². The molecule has 1 aromatic heterocycles. The van der Waals surface area contributed by atoms with E-state index in [2.05, 4.69) is 26.2 Å². The number of rotatable bonds is 3. The van der Waals surface area contributed by atoms with E-state index in [9.17, 15) is 0 Å². The Labute approximate surface area is 120 Å². The highest BCUT2D eigenvalue weighted by atomic mass is 79.9. The van der Waals surface area contributed by atoms with Crippen LogP contribution in [0.15, 0.2) is 41.0 Å². The molecule has 0 fully saturated rings. The van der Waals surface area contributed by atoms with Gasteiger partial charge in [-0.15, -0.1) is 0 Å². The van der Waals surface area contributed by atoms with Crippen LogP contribution in [0.2, 0.25) is 5.02 Å². The van der Waals surface area contributed by atoms with Crippen LogP contribution in [0.25, 0.3) is 0 Å². The second-order valence-corrected chi connectivity index (χ2v) is 5.38. The van der Waals surface area contributed by atoms with Gasteiger partial charge in [0.25, 0.3) is 0 Å². The molecular formula is C13H13BrClN3. The predicted octanol–water partition coefficient (Wildman–Crippen LogP) is 4.31. The van der Waals surface area contributed by atoms with Gasteiger partial charge in [0.05, 0.1) is 5.02 Å². The molecule has 94 valence electrons. The van der Waals surface area contributed by atoms with Gasteiger partial charge in [-0.3, -0.25) is 0 Å². The summed E-state index contributed by atoms with van der Waals surface area (Å²) in [4.78, 5) is 6.29. The van der Waals surface area contributed by atoms with Crippen LogP contribution in [0.5, 0.6) is 0 Å². The molecule has 0 radical (unpaired) electrons. The molecule has 0 amide bonds. The van der Waals surface area contributed by atoms with Crippen molar-refractivity contribution < 1.29 is 0 Å². The molecular weight excluding hydrogens is 314 g/mol. The summed E-state index contributed by atoms with van der Waals surface area (Å²) in [5, 5.41) is 3.79. The van der Waals surface area contributed by atoms with Crippen molar-refractivity contribution in [2.75, 3.05) is 24.3 Å². The SMILES string of the molecule is CN(C)c1cccc(Nc2ncc(Br)cc2Cl)c1. The van der Waals surface area contributed by atoms with Gasteiger partial charge in [0.2, 0.25) is 0 Å². The van der Waals surface area contributed by atoms with Gasteiger partial charge in [-0.2, -0.15) is 0 Å². The second-order valence-electron chi connectivity index (χ2n) is 4.05. The molecule has 18 heavy (non-hydrogen) atoms. The van der Waals surface area contributed by atoms with E-state index in [1.807, 2.05) is 49.3 Å². The molecule has 3 nitrogen and oxygen atoms in total. The summed E-state index contributed by atoms with van der Waals surface area (Å²) in [7, 11) is 4.01. The Morgan fingerprint density at radius 1 is 1.28 bits per heavy atom. The number of hydrogen-bond donors (Lipinski definition) is 1. The number of benzene rings is 1. The standard InChI is InChI=1S/C13H13BrClN3/c1-18(2)11-5-3-4-10(7-11)17-13-12(15)6-9(14)8-16-13/h3-8H,1-2H3,(H,16,17). The van der Waals surface area contributed by atoms with E-state index in [4.69, 9.17) is 11.6 Å². The zero-order chi connectivity index (χ0) is 13.1. The first kappa shape index (κ1) is 13.2. The number of hydrogen-bond acceptors (Lipinski definition) is 3. The van der Waals surface area contributed by atoms with Crippen LogP contribution in [0.3, 0.4) is 0 Å². The van der Waals surface area contributed by atoms with Crippen molar-refractivity contribution in [1.29, 1.82) is 0 Å². The zero-order valence-corrected chi connectivity index (χ0v) is 12.5. The monoisotopic (exact) mass is 325 g/mol. The van der Waals surface area contributed by atoms with Crippen molar-refractivity contribution in [2.24, 2.45) is 0 Å². The molecule has 0 saturated carbocycles. The fraction of sp³-hybridized carbons (Fsp3) is 0.154. The highest BCUT2D eigenvalue weighted by Crippen LogP contribution is 2.27. The lowest BCUT2D eigenvalue weighted by Gasteiger charge is -2.14. The van der Waals surface area contributed by atoms with E-state index < -0.39 is 0 Å². The molecule has 0 aliphatic rings. The third kappa shape index (κ3) is 3.15. The lowest BCUT2D eigenvalue weighted by molar-refractivity contribution is 1.13. The molecule has 0 saturated heterocycles. The summed E-state index contributed by atoms with van der Waals surface area (Å²) >= 11 is 9.45. The van der Waals surface area contributed by atoms with E-state index in [1.54, 1.807) is 6.20 Å². The predicted molar refractivity (Wildman–Crippen MR) is 81.0 cm³/mol. The molecule has 0 bridgehead atoms. The Morgan fingerprint density at radius 2 is 2.06 bits per heavy atom. The minimum absolute atomic E-state index is 0.583. The fourth-order valence-electron chi connectivity index (χ4n) is 1.51. The number of nitrogens with zero attached hydrogens (tertiary/aromatic N) is 2. The van der Waals surface area contributed by atoms with Gasteiger partial charge in [0.1, 0.15) is 5.82 Å². The molecule has 0 aliphatic heterocycles. The molecule has 0 unspecified atom stereocenters. The Morgan fingerprint density at radius 3 is 2.72 bits per heavy atom. The topological polar surface area (TPSA) is 28.2 Å². The third-order valence-corrected chi connectivity index (χ3v) is 3.15. The number of nitrogens with one attached hydrogen (secondary N) is 1. The Hall–Kier alpha value is -1.26. The lowest BCUT2D eigenvalue weighted by atomic mass is 10.2. The van der Waals surface area contributed by atoms with Crippen LogP contribution in [-0.2, 0) is 0 Å². The quantitative estimate of drug-likeness (QED) is 0.911. The molecule has 2 rings (SSSR count). The third-order valence-electron chi connectivity index (χ3n) is 2.43. The number of pyridine rings is 1. The van der Waals surface area contributed by atoms with Crippen molar-refractivity contribution in [3.63, 3.8) is 0 Å². The first-order valence-electron chi connectivity index (χ1n) is 5.42. The van der Waals surface area contributed by atoms with Gasteiger partial charge in [0.15, 0.2) is 0 Å². The first-order valence-corrected chi connectivity index (χ1v) is 6.59. The van der Waals surface area contributed by atoms with Crippen LogP contribution >= 0.6 is 27.5 Å². The van der Waals surface area contributed by atoms with Crippen molar-refractivity contribution >= 4 is 44.7 Å². The molecule has 0 atom stereocenters. The van der Waals surface area contributed by atoms with Gasteiger partial charge in [-0.05, 0) is 40.2 Å². The molecule has 0 aliphatic carbocycles. The first-order chi connectivity index (χ1) is 8.56. The molecule has 1 heterocycles. The fourth-order valence-corrected chi connectivity index (χ4v) is 2.18. The summed E-state index contributed by atoms with van der Waals surface area (Å²) in [5.41, 5.74) is 2.08. The molecule has 5 heteroatoms. The van der Waals surface area contributed by atoms with Gasteiger partial charge in [-0.25, -0.2) is 4.98 Å². The van der Waals surface area contributed by atoms with Gasteiger partial charge in [0, 0.05) is 36.1 Å². The number of halogens is 2. The van der Waals surface area contributed by atoms with Gasteiger partial charge >= 0.3 is 0 Å². The maximum absolute atomic E-state index is 6.12. The van der Waals surface area contributed by atoms with Gasteiger partial charge in [-0.1, -0.05) is 17.7 Å². The van der Waals surface area contributed by atoms with Gasteiger partial charge < -0.3 is 10.2 Å². The van der Waals surface area contributed by atoms with Crippen molar-refractivity contribution in [3.8, 4) is 0 Å². The minimum Gasteiger partial charge on any atom is -0.378 e. The highest BCUT2D eigenvalue weighted by Gasteiger charge is 2.04. The van der Waals surface area contributed by atoms with E-state index in [-0.39, 0.29) is 0 Å². The summed E-state index contributed by atoms with van der Waals surface area (Å²) in [6, 6.07) is 9.87. The molecule has 0 spiro atoms. The Kier molecular flexibility index (Phi) is 4.09. The highest BCUT2D eigenvalue weighted by molar-refractivity contribution is 9.10. The van der Waals surface area contributed by atoms with Crippen molar-refractivity contribution in [2.45, 2.75) is 0 Å². The largest absolute Gasteiger partial charge is 0.378 e. The number of anilines is 3. The Bertz CT molecular complexity index is 558. The van der Waals surface area contributed by atoms with E-state index >= 15 is 0 Å². The second kappa shape index (κ2) is 5.59. The Balaban J connectivity index is 2.25. The van der Waals surface area contributed by atoms with Crippen molar-refractivity contribution in [3.05, 3.63) is 46.0 Å². The summed E-state index contributed by atoms with van der Waals surface area (Å²) < 4.78 is 0.861. The van der Waals surface area contributed by atoms with E-state index in [1.165, 1.54) is 0 Å². The lowest BCUT2D eigenvalue weighted by Crippen LogP contribution is -2.08. The molecule has 1 aromatic carbocycles. The normalized spacial score (nSPS) is 10.2. The molecule has 1 N–H and O–H groups in total. The number of aromatic nitrogens is 1.